The molecule has 1 aliphatic heterocycles. The molecule has 1 atom stereocenters. The SMILES string of the molecule is CCC(=O)N1CCN(c2cc(Oc3ccc(Cl)cc3F)ncn2)CC1C. The van der Waals surface area contributed by atoms with Gasteiger partial charge in [0.05, 0.1) is 0 Å². The van der Waals surface area contributed by atoms with Crippen LogP contribution >= 0.6 is 11.6 Å². The Morgan fingerprint density at radius 2 is 2.15 bits per heavy atom. The first kappa shape index (κ1) is 18.4. The zero-order valence-electron chi connectivity index (χ0n) is 14.7. The second-order valence-electron chi connectivity index (χ2n) is 6.13. The molecule has 6 nitrogen and oxygen atoms in total. The van der Waals surface area contributed by atoms with E-state index in [1.54, 1.807) is 12.1 Å². The third-order valence-electron chi connectivity index (χ3n) is 4.31. The van der Waals surface area contributed by atoms with Crippen molar-refractivity contribution in [2.45, 2.75) is 26.3 Å². The molecule has 138 valence electrons. The topological polar surface area (TPSA) is 58.6 Å². The molecule has 1 aliphatic rings. The lowest BCUT2D eigenvalue weighted by Gasteiger charge is -2.40. The molecule has 0 aliphatic carbocycles. The van der Waals surface area contributed by atoms with Crippen LogP contribution in [0.1, 0.15) is 20.3 Å². The first-order valence-corrected chi connectivity index (χ1v) is 8.85. The first-order chi connectivity index (χ1) is 12.5. The molecule has 1 fully saturated rings. The van der Waals surface area contributed by atoms with Gasteiger partial charge < -0.3 is 14.5 Å². The zero-order chi connectivity index (χ0) is 18.7. The molecular formula is C18H20ClFN4O2. The van der Waals surface area contributed by atoms with Crippen LogP contribution in [0.3, 0.4) is 0 Å². The van der Waals surface area contributed by atoms with Gasteiger partial charge in [-0.25, -0.2) is 14.4 Å². The van der Waals surface area contributed by atoms with Crippen molar-refractivity contribution in [2.24, 2.45) is 0 Å². The van der Waals surface area contributed by atoms with E-state index < -0.39 is 5.82 Å². The van der Waals surface area contributed by atoms with Crippen molar-refractivity contribution in [3.05, 3.63) is 41.4 Å². The lowest BCUT2D eigenvalue weighted by Crippen LogP contribution is -2.54. The zero-order valence-corrected chi connectivity index (χ0v) is 15.4. The van der Waals surface area contributed by atoms with Gasteiger partial charge in [-0.05, 0) is 25.1 Å². The number of aromatic nitrogens is 2. The largest absolute Gasteiger partial charge is 0.436 e. The number of hydrogen-bond donors (Lipinski definition) is 0. The Morgan fingerprint density at radius 1 is 1.35 bits per heavy atom. The fraction of sp³-hybridized carbons (Fsp3) is 0.389. The molecule has 1 saturated heterocycles. The third-order valence-corrected chi connectivity index (χ3v) is 4.55. The fourth-order valence-corrected chi connectivity index (χ4v) is 3.13. The van der Waals surface area contributed by atoms with Crippen LogP contribution in [-0.4, -0.2) is 46.5 Å². The standard InChI is InChI=1S/C18H20ClFN4O2/c1-3-18(25)24-7-6-23(10-12(24)2)16-9-17(22-11-21-16)26-15-5-4-13(19)8-14(15)20/h4-5,8-9,11-12H,3,6-7,10H2,1-2H3. The number of benzene rings is 1. The van der Waals surface area contributed by atoms with Crippen molar-refractivity contribution in [3.63, 3.8) is 0 Å². The summed E-state index contributed by atoms with van der Waals surface area (Å²) in [5.74, 6) is 0.571. The van der Waals surface area contributed by atoms with Crippen LogP contribution in [0.4, 0.5) is 10.2 Å². The summed E-state index contributed by atoms with van der Waals surface area (Å²) in [5, 5.41) is 0.298. The predicted octanol–water partition coefficient (Wildman–Crippen LogP) is 3.51. The number of nitrogens with zero attached hydrogens (tertiary/aromatic N) is 4. The summed E-state index contributed by atoms with van der Waals surface area (Å²) < 4.78 is 19.4. The number of carbonyl (C=O) groups is 1. The highest BCUT2D eigenvalue weighted by Gasteiger charge is 2.27. The Labute approximate surface area is 156 Å². The van der Waals surface area contributed by atoms with Gasteiger partial charge in [-0.2, -0.15) is 0 Å². The molecule has 2 aromatic rings. The molecule has 0 radical (unpaired) electrons. The number of anilines is 1. The summed E-state index contributed by atoms with van der Waals surface area (Å²) in [4.78, 5) is 24.2. The Morgan fingerprint density at radius 3 is 2.85 bits per heavy atom. The van der Waals surface area contributed by atoms with E-state index in [0.29, 0.717) is 36.9 Å². The number of amides is 1. The van der Waals surface area contributed by atoms with Gasteiger partial charge in [0, 0.05) is 43.2 Å². The molecule has 1 unspecified atom stereocenters. The van der Waals surface area contributed by atoms with Crippen molar-refractivity contribution in [1.29, 1.82) is 0 Å². The van der Waals surface area contributed by atoms with Crippen LogP contribution in [0, 0.1) is 5.82 Å². The predicted molar refractivity (Wildman–Crippen MR) is 97.2 cm³/mol. The van der Waals surface area contributed by atoms with Gasteiger partial charge in [-0.15, -0.1) is 0 Å². The molecule has 0 N–H and O–H groups in total. The third kappa shape index (κ3) is 4.04. The van der Waals surface area contributed by atoms with Crippen molar-refractivity contribution in [2.75, 3.05) is 24.5 Å². The van der Waals surface area contributed by atoms with Gasteiger partial charge in [0.2, 0.25) is 11.8 Å². The molecule has 2 heterocycles. The van der Waals surface area contributed by atoms with E-state index >= 15 is 0 Å². The normalized spacial score (nSPS) is 17.3. The van der Waals surface area contributed by atoms with E-state index in [1.165, 1.54) is 18.5 Å². The average molecular weight is 379 g/mol. The molecule has 8 heteroatoms. The van der Waals surface area contributed by atoms with Crippen molar-refractivity contribution in [3.8, 4) is 11.6 Å². The summed E-state index contributed by atoms with van der Waals surface area (Å²) in [5.41, 5.74) is 0. The minimum absolute atomic E-state index is 0.0470. The number of ether oxygens (including phenoxy) is 1. The molecular weight excluding hydrogens is 359 g/mol. The Hall–Kier alpha value is -2.41. The van der Waals surface area contributed by atoms with Crippen LogP contribution in [0.2, 0.25) is 5.02 Å². The van der Waals surface area contributed by atoms with E-state index in [4.69, 9.17) is 16.3 Å². The van der Waals surface area contributed by atoms with Crippen molar-refractivity contribution in [1.82, 2.24) is 14.9 Å². The summed E-state index contributed by atoms with van der Waals surface area (Å²) >= 11 is 5.75. The molecule has 26 heavy (non-hydrogen) atoms. The number of rotatable bonds is 4. The molecule has 0 saturated carbocycles. The molecule has 0 spiro atoms. The van der Waals surface area contributed by atoms with Gasteiger partial charge in [0.1, 0.15) is 12.1 Å². The van der Waals surface area contributed by atoms with E-state index in [2.05, 4.69) is 14.9 Å². The van der Waals surface area contributed by atoms with Gasteiger partial charge in [-0.1, -0.05) is 18.5 Å². The fourth-order valence-electron chi connectivity index (χ4n) is 2.97. The van der Waals surface area contributed by atoms with Crippen molar-refractivity contribution < 1.29 is 13.9 Å². The van der Waals surface area contributed by atoms with Crippen LogP contribution < -0.4 is 9.64 Å². The van der Waals surface area contributed by atoms with Crippen LogP contribution in [0.5, 0.6) is 11.6 Å². The summed E-state index contributed by atoms with van der Waals surface area (Å²) in [6.07, 6.45) is 1.88. The number of piperazine rings is 1. The maximum Gasteiger partial charge on any atom is 0.224 e. The number of carbonyl (C=O) groups excluding carboxylic acids is 1. The van der Waals surface area contributed by atoms with Gasteiger partial charge in [0.15, 0.2) is 11.6 Å². The molecule has 1 aromatic carbocycles. The Bertz CT molecular complexity index is 805. The smallest absolute Gasteiger partial charge is 0.224 e. The summed E-state index contributed by atoms with van der Waals surface area (Å²) in [7, 11) is 0. The average Bonchev–Trinajstić information content (AvgIpc) is 2.63. The van der Waals surface area contributed by atoms with Gasteiger partial charge in [-0.3, -0.25) is 4.79 Å². The second-order valence-corrected chi connectivity index (χ2v) is 6.56. The van der Waals surface area contributed by atoms with Crippen LogP contribution in [0.25, 0.3) is 0 Å². The Kier molecular flexibility index (Phi) is 5.56. The van der Waals surface area contributed by atoms with Gasteiger partial charge in [0.25, 0.3) is 0 Å². The van der Waals surface area contributed by atoms with E-state index in [1.807, 2.05) is 18.7 Å². The summed E-state index contributed by atoms with van der Waals surface area (Å²) in [6, 6.07) is 5.94. The van der Waals surface area contributed by atoms with Gasteiger partial charge >= 0.3 is 0 Å². The highest BCUT2D eigenvalue weighted by molar-refractivity contribution is 6.30. The first-order valence-electron chi connectivity index (χ1n) is 8.47. The highest BCUT2D eigenvalue weighted by Crippen LogP contribution is 2.27. The van der Waals surface area contributed by atoms with E-state index in [-0.39, 0.29) is 23.6 Å². The van der Waals surface area contributed by atoms with E-state index in [9.17, 15) is 9.18 Å². The quantitative estimate of drug-likeness (QED) is 0.814. The van der Waals surface area contributed by atoms with Crippen LogP contribution in [0.15, 0.2) is 30.6 Å². The van der Waals surface area contributed by atoms with Crippen molar-refractivity contribution >= 4 is 23.3 Å². The maximum absolute atomic E-state index is 13.9. The Balaban J connectivity index is 1.72. The highest BCUT2D eigenvalue weighted by atomic mass is 35.5. The minimum Gasteiger partial charge on any atom is -0.436 e. The molecule has 3 rings (SSSR count). The molecule has 0 bridgehead atoms. The lowest BCUT2D eigenvalue weighted by molar-refractivity contribution is -0.133. The molecule has 1 aromatic heterocycles. The van der Waals surface area contributed by atoms with E-state index in [0.717, 1.165) is 0 Å². The summed E-state index contributed by atoms with van der Waals surface area (Å²) in [6.45, 7) is 5.85. The minimum atomic E-state index is -0.557. The number of halogens is 2. The lowest BCUT2D eigenvalue weighted by atomic mass is 10.1. The van der Waals surface area contributed by atoms with Crippen LogP contribution in [-0.2, 0) is 4.79 Å². The number of hydrogen-bond acceptors (Lipinski definition) is 5. The monoisotopic (exact) mass is 378 g/mol. The second kappa shape index (κ2) is 7.86. The maximum atomic E-state index is 13.9. The molecule has 1 amide bonds.